The Balaban J connectivity index is 2.81. The van der Waals surface area contributed by atoms with Crippen molar-refractivity contribution < 1.29 is 9.18 Å². The monoisotopic (exact) mass is 251 g/mol. The maximum absolute atomic E-state index is 13.1. The lowest BCUT2D eigenvalue weighted by molar-refractivity contribution is -0.121. The summed E-state index contributed by atoms with van der Waals surface area (Å²) in [6.45, 7) is 7.92. The Morgan fingerprint density at radius 3 is 2.56 bits per heavy atom. The number of rotatable bonds is 5. The first-order valence-corrected chi connectivity index (χ1v) is 6.36. The smallest absolute Gasteiger partial charge is 0.149 e. The molecular formula is C15H22FNO. The summed E-state index contributed by atoms with van der Waals surface area (Å²) >= 11 is 0. The van der Waals surface area contributed by atoms with Crippen molar-refractivity contribution in [1.82, 2.24) is 5.32 Å². The Morgan fingerprint density at radius 2 is 2.06 bits per heavy atom. The van der Waals surface area contributed by atoms with E-state index in [1.807, 2.05) is 33.8 Å². The Hall–Kier alpha value is -1.22. The predicted octanol–water partition coefficient (Wildman–Crippen LogP) is 3.10. The van der Waals surface area contributed by atoms with E-state index in [2.05, 4.69) is 5.32 Å². The summed E-state index contributed by atoms with van der Waals surface area (Å²) in [5.41, 5.74) is 0.710. The second-order valence-corrected chi connectivity index (χ2v) is 5.60. The Labute approximate surface area is 109 Å². The molecule has 1 aromatic carbocycles. The first-order chi connectivity index (χ1) is 8.31. The molecule has 2 nitrogen and oxygen atoms in total. The van der Waals surface area contributed by atoms with Crippen LogP contribution in [0.1, 0.15) is 39.7 Å². The van der Waals surface area contributed by atoms with Crippen molar-refractivity contribution in [1.29, 1.82) is 0 Å². The molecule has 0 unspecified atom stereocenters. The summed E-state index contributed by atoms with van der Waals surface area (Å²) in [6, 6.07) is 6.17. The van der Waals surface area contributed by atoms with Crippen molar-refractivity contribution >= 4 is 5.78 Å². The average molecular weight is 251 g/mol. The number of hydrogen-bond donors (Lipinski definition) is 1. The molecule has 0 bridgehead atoms. The number of carbonyl (C=O) groups is 1. The fourth-order valence-electron chi connectivity index (χ4n) is 1.91. The minimum Gasteiger partial charge on any atom is -0.302 e. The van der Waals surface area contributed by atoms with Gasteiger partial charge in [-0.05, 0) is 44.9 Å². The molecule has 18 heavy (non-hydrogen) atoms. The highest BCUT2D eigenvalue weighted by molar-refractivity contribution is 5.84. The number of benzene rings is 1. The summed E-state index contributed by atoms with van der Waals surface area (Å²) in [5, 5.41) is 3.30. The first kappa shape index (κ1) is 14.8. The fourth-order valence-corrected chi connectivity index (χ4v) is 1.91. The van der Waals surface area contributed by atoms with Gasteiger partial charge in [0.2, 0.25) is 0 Å². The highest BCUT2D eigenvalue weighted by Gasteiger charge is 2.22. The van der Waals surface area contributed by atoms with Gasteiger partial charge in [0.25, 0.3) is 0 Å². The highest BCUT2D eigenvalue weighted by atomic mass is 19.1. The summed E-state index contributed by atoms with van der Waals surface area (Å²) in [6.07, 6.45) is 1.02. The summed E-state index contributed by atoms with van der Waals surface area (Å²) in [7, 11) is 0. The lowest BCUT2D eigenvalue weighted by Crippen LogP contribution is -2.48. The van der Waals surface area contributed by atoms with Crippen LogP contribution in [0.2, 0.25) is 0 Å². The Morgan fingerprint density at radius 1 is 1.39 bits per heavy atom. The quantitative estimate of drug-likeness (QED) is 0.871. The Kier molecular flexibility index (Phi) is 5.03. The van der Waals surface area contributed by atoms with Crippen LogP contribution in [-0.4, -0.2) is 17.4 Å². The van der Waals surface area contributed by atoms with Crippen molar-refractivity contribution in [2.75, 3.05) is 0 Å². The lowest BCUT2D eigenvalue weighted by Gasteiger charge is -2.27. The second-order valence-electron chi connectivity index (χ2n) is 5.60. The van der Waals surface area contributed by atoms with Crippen LogP contribution in [0.4, 0.5) is 4.39 Å². The molecule has 0 radical (unpaired) electrons. The van der Waals surface area contributed by atoms with Gasteiger partial charge in [0.05, 0.1) is 6.04 Å². The van der Waals surface area contributed by atoms with E-state index < -0.39 is 0 Å². The van der Waals surface area contributed by atoms with Crippen molar-refractivity contribution in [3.05, 3.63) is 35.6 Å². The van der Waals surface area contributed by atoms with Gasteiger partial charge in [-0.25, -0.2) is 4.39 Å². The van der Waals surface area contributed by atoms with Crippen LogP contribution in [0.25, 0.3) is 0 Å². The number of nitrogens with one attached hydrogen (secondary N) is 1. The van der Waals surface area contributed by atoms with Crippen LogP contribution in [0.3, 0.4) is 0 Å². The third-order valence-electron chi connectivity index (χ3n) is 2.67. The molecule has 0 spiro atoms. The number of ketones is 1. The minimum atomic E-state index is -0.258. The topological polar surface area (TPSA) is 29.1 Å². The molecule has 0 saturated carbocycles. The molecule has 0 fully saturated rings. The van der Waals surface area contributed by atoms with Gasteiger partial charge in [-0.1, -0.05) is 19.1 Å². The largest absolute Gasteiger partial charge is 0.302 e. The SMILES string of the molecule is CCC(=O)[C@@H](Cc1cccc(F)c1)NC(C)(C)C. The third-order valence-corrected chi connectivity index (χ3v) is 2.67. The van der Waals surface area contributed by atoms with Gasteiger partial charge in [0, 0.05) is 12.0 Å². The molecule has 0 saturated heterocycles. The van der Waals surface area contributed by atoms with Gasteiger partial charge in [-0.15, -0.1) is 0 Å². The summed E-state index contributed by atoms with van der Waals surface area (Å²) < 4.78 is 13.1. The highest BCUT2D eigenvalue weighted by Crippen LogP contribution is 2.11. The van der Waals surface area contributed by atoms with Gasteiger partial charge in [0.1, 0.15) is 11.6 Å². The van der Waals surface area contributed by atoms with E-state index in [9.17, 15) is 9.18 Å². The van der Waals surface area contributed by atoms with Crippen molar-refractivity contribution in [3.63, 3.8) is 0 Å². The van der Waals surface area contributed by atoms with E-state index in [1.165, 1.54) is 12.1 Å². The van der Waals surface area contributed by atoms with Gasteiger partial charge in [-0.3, -0.25) is 4.79 Å². The van der Waals surface area contributed by atoms with Crippen LogP contribution in [0.5, 0.6) is 0 Å². The summed E-state index contributed by atoms with van der Waals surface area (Å²) in [4.78, 5) is 11.9. The van der Waals surface area contributed by atoms with Gasteiger partial charge in [0.15, 0.2) is 0 Å². The predicted molar refractivity (Wildman–Crippen MR) is 72.1 cm³/mol. The zero-order valence-corrected chi connectivity index (χ0v) is 11.6. The molecule has 1 N–H and O–H groups in total. The summed E-state index contributed by atoms with van der Waals surface area (Å²) in [5.74, 6) is -0.0971. The van der Waals surface area contributed by atoms with Crippen LogP contribution >= 0.6 is 0 Å². The number of Topliss-reactive ketones (excluding diaryl/α,β-unsaturated/α-hetero) is 1. The molecule has 0 amide bonds. The van der Waals surface area contributed by atoms with E-state index in [1.54, 1.807) is 6.07 Å². The Bertz CT molecular complexity index is 409. The molecule has 0 aliphatic heterocycles. The fraction of sp³-hybridized carbons (Fsp3) is 0.533. The van der Waals surface area contributed by atoms with E-state index in [0.29, 0.717) is 12.8 Å². The van der Waals surface area contributed by atoms with Gasteiger partial charge in [-0.2, -0.15) is 0 Å². The number of halogens is 1. The van der Waals surface area contributed by atoms with Gasteiger partial charge < -0.3 is 5.32 Å². The molecule has 100 valence electrons. The minimum absolute atomic E-state index is 0.136. The molecule has 0 aliphatic rings. The van der Waals surface area contributed by atoms with Crippen LogP contribution in [0, 0.1) is 5.82 Å². The second kappa shape index (κ2) is 6.10. The standard InChI is InChI=1S/C15H22FNO/c1-5-14(18)13(17-15(2,3)4)10-11-7-6-8-12(16)9-11/h6-9,13,17H,5,10H2,1-4H3/t13-/m1/s1. The molecule has 1 atom stereocenters. The molecule has 1 aromatic rings. The molecule has 0 aromatic heterocycles. The first-order valence-electron chi connectivity index (χ1n) is 6.36. The van der Waals surface area contributed by atoms with Crippen LogP contribution < -0.4 is 5.32 Å². The zero-order chi connectivity index (χ0) is 13.8. The lowest BCUT2D eigenvalue weighted by atomic mass is 9.97. The van der Waals surface area contributed by atoms with Gasteiger partial charge >= 0.3 is 0 Å². The molecule has 1 rings (SSSR count). The van der Waals surface area contributed by atoms with Crippen molar-refractivity contribution in [2.45, 2.75) is 52.1 Å². The van der Waals surface area contributed by atoms with Crippen LogP contribution in [0.15, 0.2) is 24.3 Å². The molecule has 0 heterocycles. The number of hydrogen-bond acceptors (Lipinski definition) is 2. The third kappa shape index (κ3) is 4.96. The molecular weight excluding hydrogens is 229 g/mol. The van der Waals surface area contributed by atoms with Crippen LogP contribution in [-0.2, 0) is 11.2 Å². The zero-order valence-electron chi connectivity index (χ0n) is 11.6. The van der Waals surface area contributed by atoms with Crippen molar-refractivity contribution in [2.24, 2.45) is 0 Å². The number of carbonyl (C=O) groups excluding carboxylic acids is 1. The maximum Gasteiger partial charge on any atom is 0.149 e. The maximum atomic E-state index is 13.1. The molecule has 0 aliphatic carbocycles. The normalized spacial score (nSPS) is 13.4. The van der Waals surface area contributed by atoms with Crippen molar-refractivity contribution in [3.8, 4) is 0 Å². The van der Waals surface area contributed by atoms with E-state index in [0.717, 1.165) is 5.56 Å². The average Bonchev–Trinajstić information content (AvgIpc) is 2.25. The molecule has 3 heteroatoms. The van der Waals surface area contributed by atoms with E-state index >= 15 is 0 Å². The van der Waals surface area contributed by atoms with E-state index in [4.69, 9.17) is 0 Å². The van der Waals surface area contributed by atoms with E-state index in [-0.39, 0.29) is 23.2 Å².